The van der Waals surface area contributed by atoms with Gasteiger partial charge in [-0.25, -0.2) is 0 Å². The summed E-state index contributed by atoms with van der Waals surface area (Å²) >= 11 is 0. The lowest BCUT2D eigenvalue weighted by molar-refractivity contribution is -0.118. The monoisotopic (exact) mass is 246 g/mol. The third-order valence-corrected chi connectivity index (χ3v) is 3.58. The molecule has 0 radical (unpaired) electrons. The molecule has 0 bridgehead atoms. The Balaban J connectivity index is 1.73. The second-order valence-electron chi connectivity index (χ2n) is 4.97. The molecule has 1 aromatic rings. The Bertz CT molecular complexity index is 457. The fourth-order valence-electron chi connectivity index (χ4n) is 2.40. The third-order valence-electron chi connectivity index (χ3n) is 3.58. The van der Waals surface area contributed by atoms with Crippen LogP contribution in [0.25, 0.3) is 0 Å². The van der Waals surface area contributed by atoms with Gasteiger partial charge in [0, 0.05) is 24.3 Å². The minimum atomic E-state index is 0.00343. The topological polar surface area (TPSA) is 41.6 Å². The molecule has 2 aliphatic rings. The third kappa shape index (κ3) is 2.20. The summed E-state index contributed by atoms with van der Waals surface area (Å²) in [6, 6.07) is 8.26. The Morgan fingerprint density at radius 1 is 1.33 bits per heavy atom. The Morgan fingerprint density at radius 2 is 2.17 bits per heavy atom. The van der Waals surface area contributed by atoms with Crippen LogP contribution in [0.15, 0.2) is 24.3 Å². The number of anilines is 1. The number of hydrogen-bond donors (Lipinski definition) is 1. The van der Waals surface area contributed by atoms with Crippen molar-refractivity contribution < 1.29 is 9.53 Å². The van der Waals surface area contributed by atoms with E-state index < -0.39 is 0 Å². The van der Waals surface area contributed by atoms with Crippen molar-refractivity contribution in [3.05, 3.63) is 24.3 Å². The number of amides is 1. The quantitative estimate of drug-likeness (QED) is 0.876. The first kappa shape index (κ1) is 11.5. The van der Waals surface area contributed by atoms with Gasteiger partial charge in [-0.3, -0.25) is 4.79 Å². The Labute approximate surface area is 107 Å². The Hall–Kier alpha value is -1.55. The fourth-order valence-corrected chi connectivity index (χ4v) is 2.40. The molecule has 0 spiro atoms. The van der Waals surface area contributed by atoms with Crippen LogP contribution in [-0.2, 0) is 4.79 Å². The number of nitrogens with zero attached hydrogens (tertiary/aromatic N) is 1. The van der Waals surface area contributed by atoms with Gasteiger partial charge in [0.15, 0.2) is 0 Å². The summed E-state index contributed by atoms with van der Waals surface area (Å²) in [6.45, 7) is 0.788. The van der Waals surface area contributed by atoms with Gasteiger partial charge < -0.3 is 15.0 Å². The lowest BCUT2D eigenvalue weighted by atomic mass is 10.2. The van der Waals surface area contributed by atoms with Gasteiger partial charge in [-0.2, -0.15) is 0 Å². The molecule has 4 nitrogen and oxygen atoms in total. The molecule has 1 aliphatic carbocycles. The van der Waals surface area contributed by atoms with E-state index in [0.717, 1.165) is 24.4 Å². The SMILES string of the molecule is COc1cccc(N2CCC(NC3CC3)C2=O)c1. The van der Waals surface area contributed by atoms with E-state index in [1.165, 1.54) is 12.8 Å². The van der Waals surface area contributed by atoms with E-state index in [0.29, 0.717) is 6.04 Å². The van der Waals surface area contributed by atoms with Gasteiger partial charge in [0.2, 0.25) is 5.91 Å². The summed E-state index contributed by atoms with van der Waals surface area (Å²) in [5.41, 5.74) is 0.930. The molecule has 96 valence electrons. The summed E-state index contributed by atoms with van der Waals surface area (Å²) in [5, 5.41) is 3.41. The first-order valence-electron chi connectivity index (χ1n) is 6.49. The van der Waals surface area contributed by atoms with Crippen molar-refractivity contribution in [1.82, 2.24) is 5.32 Å². The molecule has 1 unspecified atom stereocenters. The number of methoxy groups -OCH3 is 1. The zero-order valence-corrected chi connectivity index (χ0v) is 10.6. The molecule has 2 fully saturated rings. The summed E-state index contributed by atoms with van der Waals surface area (Å²) in [6.07, 6.45) is 3.32. The largest absolute Gasteiger partial charge is 0.497 e. The van der Waals surface area contributed by atoms with Crippen molar-refractivity contribution in [1.29, 1.82) is 0 Å². The minimum Gasteiger partial charge on any atom is -0.497 e. The summed E-state index contributed by atoms with van der Waals surface area (Å²) in [5.74, 6) is 0.981. The van der Waals surface area contributed by atoms with E-state index in [1.54, 1.807) is 7.11 Å². The van der Waals surface area contributed by atoms with E-state index in [4.69, 9.17) is 4.74 Å². The smallest absolute Gasteiger partial charge is 0.244 e. The number of carbonyl (C=O) groups excluding carboxylic acids is 1. The minimum absolute atomic E-state index is 0.00343. The van der Waals surface area contributed by atoms with E-state index in [-0.39, 0.29) is 11.9 Å². The molecular weight excluding hydrogens is 228 g/mol. The average Bonchev–Trinajstić information content (AvgIpc) is 3.14. The predicted molar refractivity (Wildman–Crippen MR) is 69.9 cm³/mol. The van der Waals surface area contributed by atoms with Gasteiger partial charge in [-0.1, -0.05) is 6.07 Å². The maximum absolute atomic E-state index is 12.3. The predicted octanol–water partition coefficient (Wildman–Crippen LogP) is 1.55. The zero-order valence-electron chi connectivity index (χ0n) is 10.6. The molecular formula is C14H18N2O2. The van der Waals surface area contributed by atoms with Crippen molar-refractivity contribution in [3.8, 4) is 5.75 Å². The maximum atomic E-state index is 12.3. The van der Waals surface area contributed by atoms with Crippen LogP contribution in [-0.4, -0.2) is 31.6 Å². The van der Waals surface area contributed by atoms with E-state index in [2.05, 4.69) is 5.32 Å². The van der Waals surface area contributed by atoms with Crippen LogP contribution in [0, 0.1) is 0 Å². The zero-order chi connectivity index (χ0) is 12.5. The Kier molecular flexibility index (Phi) is 2.96. The van der Waals surface area contributed by atoms with E-state index in [1.807, 2.05) is 29.2 Å². The molecule has 1 heterocycles. The number of hydrogen-bond acceptors (Lipinski definition) is 3. The number of benzene rings is 1. The first-order chi connectivity index (χ1) is 8.78. The highest BCUT2D eigenvalue weighted by Gasteiger charge is 2.36. The molecule has 18 heavy (non-hydrogen) atoms. The highest BCUT2D eigenvalue weighted by Crippen LogP contribution is 2.27. The lowest BCUT2D eigenvalue weighted by Crippen LogP contribution is -2.39. The number of rotatable bonds is 4. The number of carbonyl (C=O) groups is 1. The molecule has 1 N–H and O–H groups in total. The molecule has 1 atom stereocenters. The molecule has 1 saturated heterocycles. The van der Waals surface area contributed by atoms with Gasteiger partial charge in [0.05, 0.1) is 13.2 Å². The molecule has 3 rings (SSSR count). The van der Waals surface area contributed by atoms with Crippen LogP contribution in [0.1, 0.15) is 19.3 Å². The second-order valence-corrected chi connectivity index (χ2v) is 4.97. The van der Waals surface area contributed by atoms with Crippen molar-refractivity contribution >= 4 is 11.6 Å². The number of nitrogens with one attached hydrogen (secondary N) is 1. The lowest BCUT2D eigenvalue weighted by Gasteiger charge is -2.17. The molecule has 1 aromatic carbocycles. The first-order valence-corrected chi connectivity index (χ1v) is 6.49. The van der Waals surface area contributed by atoms with Crippen molar-refractivity contribution in [3.63, 3.8) is 0 Å². The van der Waals surface area contributed by atoms with Crippen molar-refractivity contribution in [2.24, 2.45) is 0 Å². The summed E-state index contributed by atoms with van der Waals surface area (Å²) < 4.78 is 5.20. The summed E-state index contributed by atoms with van der Waals surface area (Å²) in [4.78, 5) is 14.1. The molecule has 1 aliphatic heterocycles. The van der Waals surface area contributed by atoms with Crippen LogP contribution >= 0.6 is 0 Å². The van der Waals surface area contributed by atoms with Crippen LogP contribution < -0.4 is 15.0 Å². The molecule has 1 amide bonds. The van der Waals surface area contributed by atoms with Crippen LogP contribution in [0.3, 0.4) is 0 Å². The van der Waals surface area contributed by atoms with E-state index >= 15 is 0 Å². The van der Waals surface area contributed by atoms with Crippen molar-refractivity contribution in [2.75, 3.05) is 18.6 Å². The van der Waals surface area contributed by atoms with Crippen molar-refractivity contribution in [2.45, 2.75) is 31.3 Å². The van der Waals surface area contributed by atoms with Crippen LogP contribution in [0.2, 0.25) is 0 Å². The van der Waals surface area contributed by atoms with Crippen LogP contribution in [0.5, 0.6) is 5.75 Å². The number of ether oxygens (including phenoxy) is 1. The fraction of sp³-hybridized carbons (Fsp3) is 0.500. The Morgan fingerprint density at radius 3 is 2.89 bits per heavy atom. The molecule has 1 saturated carbocycles. The maximum Gasteiger partial charge on any atom is 0.244 e. The summed E-state index contributed by atoms with van der Waals surface area (Å²) in [7, 11) is 1.64. The van der Waals surface area contributed by atoms with Gasteiger partial charge in [-0.05, 0) is 31.4 Å². The van der Waals surface area contributed by atoms with Crippen LogP contribution in [0.4, 0.5) is 5.69 Å². The van der Waals surface area contributed by atoms with Gasteiger partial charge in [0.25, 0.3) is 0 Å². The molecule has 4 heteroatoms. The second kappa shape index (κ2) is 4.61. The highest BCUT2D eigenvalue weighted by atomic mass is 16.5. The normalized spacial score (nSPS) is 23.5. The van der Waals surface area contributed by atoms with Gasteiger partial charge in [0.1, 0.15) is 5.75 Å². The standard InChI is InChI=1S/C14H18N2O2/c1-18-12-4-2-3-11(9-12)16-8-7-13(14(16)17)15-10-5-6-10/h2-4,9-10,13,15H,5-8H2,1H3. The van der Waals surface area contributed by atoms with E-state index in [9.17, 15) is 4.79 Å². The van der Waals surface area contributed by atoms with Gasteiger partial charge >= 0.3 is 0 Å². The van der Waals surface area contributed by atoms with Gasteiger partial charge in [-0.15, -0.1) is 0 Å². The highest BCUT2D eigenvalue weighted by molar-refractivity contribution is 5.99. The molecule has 0 aromatic heterocycles. The average molecular weight is 246 g/mol.